The van der Waals surface area contributed by atoms with Gasteiger partial charge in [-0.3, -0.25) is 4.79 Å². The molecule has 0 bridgehead atoms. The molecule has 2 heterocycles. The van der Waals surface area contributed by atoms with Crippen molar-refractivity contribution in [3.8, 4) is 0 Å². The van der Waals surface area contributed by atoms with E-state index in [-0.39, 0.29) is 17.8 Å². The van der Waals surface area contributed by atoms with Crippen molar-refractivity contribution in [1.29, 1.82) is 0 Å². The zero-order valence-corrected chi connectivity index (χ0v) is 11.1. The second-order valence-corrected chi connectivity index (χ2v) is 5.07. The van der Waals surface area contributed by atoms with Crippen LogP contribution in [0, 0.1) is 0 Å². The van der Waals surface area contributed by atoms with Crippen molar-refractivity contribution < 1.29 is 4.79 Å². The van der Waals surface area contributed by atoms with Gasteiger partial charge in [0.05, 0.1) is 10.6 Å². The zero-order chi connectivity index (χ0) is 13.1. The molecular formula is C12H17ClN4O. The van der Waals surface area contributed by atoms with Gasteiger partial charge in [0.2, 0.25) is 0 Å². The van der Waals surface area contributed by atoms with E-state index in [1.165, 1.54) is 6.20 Å². The molecule has 1 aromatic heterocycles. The Balaban J connectivity index is 2.00. The maximum Gasteiger partial charge on any atom is 0.253 e. The molecule has 98 valence electrons. The number of nitrogens with zero attached hydrogens (tertiary/aromatic N) is 2. The molecule has 0 spiro atoms. The minimum atomic E-state index is -0.148. The predicted octanol–water partition coefficient (Wildman–Crippen LogP) is 1.14. The lowest BCUT2D eigenvalue weighted by Crippen LogP contribution is -2.46. The molecule has 0 saturated carbocycles. The summed E-state index contributed by atoms with van der Waals surface area (Å²) in [7, 11) is 2.06. The van der Waals surface area contributed by atoms with E-state index in [0.29, 0.717) is 10.6 Å². The summed E-state index contributed by atoms with van der Waals surface area (Å²) in [5, 5.41) is 3.30. The fourth-order valence-electron chi connectivity index (χ4n) is 2.13. The van der Waals surface area contributed by atoms with E-state index in [4.69, 9.17) is 17.3 Å². The van der Waals surface area contributed by atoms with Crippen LogP contribution in [0.15, 0.2) is 12.3 Å². The molecule has 0 aliphatic carbocycles. The number of hydrogen-bond acceptors (Lipinski definition) is 4. The molecule has 1 saturated heterocycles. The number of carbonyl (C=O) groups excluding carboxylic acids is 1. The van der Waals surface area contributed by atoms with Crippen molar-refractivity contribution in [1.82, 2.24) is 15.2 Å². The van der Waals surface area contributed by atoms with Crippen LogP contribution in [0.4, 0.5) is 5.82 Å². The Kier molecular flexibility index (Phi) is 4.04. The molecule has 1 aliphatic rings. The third kappa shape index (κ3) is 3.11. The molecule has 0 aromatic carbocycles. The van der Waals surface area contributed by atoms with E-state index < -0.39 is 0 Å². The monoisotopic (exact) mass is 268 g/mol. The van der Waals surface area contributed by atoms with Crippen LogP contribution in [0.25, 0.3) is 0 Å². The first-order valence-electron chi connectivity index (χ1n) is 5.96. The third-order valence-corrected chi connectivity index (χ3v) is 3.39. The summed E-state index contributed by atoms with van der Waals surface area (Å²) in [5.41, 5.74) is 5.96. The van der Waals surface area contributed by atoms with E-state index in [1.807, 2.05) is 0 Å². The highest BCUT2D eigenvalue weighted by atomic mass is 35.5. The molecule has 1 unspecified atom stereocenters. The second-order valence-electron chi connectivity index (χ2n) is 4.67. The number of anilines is 1. The Labute approximate surface area is 111 Å². The van der Waals surface area contributed by atoms with Crippen LogP contribution < -0.4 is 11.1 Å². The van der Waals surface area contributed by atoms with Gasteiger partial charge in [-0.05, 0) is 32.5 Å². The number of pyridine rings is 1. The lowest BCUT2D eigenvalue weighted by Gasteiger charge is -2.30. The smallest absolute Gasteiger partial charge is 0.253 e. The molecule has 6 heteroatoms. The topological polar surface area (TPSA) is 71.2 Å². The van der Waals surface area contributed by atoms with Crippen molar-refractivity contribution >= 4 is 23.3 Å². The first-order chi connectivity index (χ1) is 8.56. The van der Waals surface area contributed by atoms with Gasteiger partial charge >= 0.3 is 0 Å². The molecule has 1 fully saturated rings. The average Bonchev–Trinajstić information content (AvgIpc) is 2.32. The molecule has 5 nitrogen and oxygen atoms in total. The largest absolute Gasteiger partial charge is 0.382 e. The zero-order valence-electron chi connectivity index (χ0n) is 10.3. The number of hydrogen-bond donors (Lipinski definition) is 2. The van der Waals surface area contributed by atoms with Crippen molar-refractivity contribution in [2.75, 3.05) is 25.9 Å². The maximum absolute atomic E-state index is 12.0. The van der Waals surface area contributed by atoms with Gasteiger partial charge in [0.15, 0.2) is 0 Å². The number of amides is 1. The summed E-state index contributed by atoms with van der Waals surface area (Å²) in [4.78, 5) is 18.1. The van der Waals surface area contributed by atoms with Crippen LogP contribution in [0.5, 0.6) is 0 Å². The first-order valence-corrected chi connectivity index (χ1v) is 6.34. The van der Waals surface area contributed by atoms with Gasteiger partial charge in [0.1, 0.15) is 5.82 Å². The van der Waals surface area contributed by atoms with Crippen LogP contribution in [-0.4, -0.2) is 42.0 Å². The number of likely N-dealkylation sites (N-methyl/N-ethyl adjacent to an activating group) is 1. The number of nitrogen functional groups attached to an aromatic ring is 1. The SMILES string of the molecule is CN1CCCC(NC(=O)c2cnc(N)c(Cl)c2)C1. The van der Waals surface area contributed by atoms with Gasteiger partial charge in [-0.15, -0.1) is 0 Å². The average molecular weight is 269 g/mol. The molecule has 1 amide bonds. The molecule has 2 rings (SSSR count). The number of halogens is 1. The van der Waals surface area contributed by atoms with Crippen LogP contribution in [0.2, 0.25) is 5.02 Å². The molecule has 18 heavy (non-hydrogen) atoms. The van der Waals surface area contributed by atoms with Crippen LogP contribution >= 0.6 is 11.6 Å². The summed E-state index contributed by atoms with van der Waals surface area (Å²) in [5.74, 6) is 0.0929. The number of likely N-dealkylation sites (tertiary alicyclic amines) is 1. The molecular weight excluding hydrogens is 252 g/mol. The van der Waals surface area contributed by atoms with Gasteiger partial charge < -0.3 is 16.0 Å². The number of nitrogens with two attached hydrogens (primary N) is 1. The Morgan fingerprint density at radius 1 is 1.67 bits per heavy atom. The third-order valence-electron chi connectivity index (χ3n) is 3.09. The summed E-state index contributed by atoms with van der Waals surface area (Å²) in [6.45, 7) is 1.96. The van der Waals surface area contributed by atoms with Crippen LogP contribution in [0.3, 0.4) is 0 Å². The van der Waals surface area contributed by atoms with Gasteiger partial charge in [0.25, 0.3) is 5.91 Å². The van der Waals surface area contributed by atoms with Gasteiger partial charge in [-0.1, -0.05) is 11.6 Å². The second kappa shape index (κ2) is 5.54. The lowest BCUT2D eigenvalue weighted by molar-refractivity contribution is 0.0912. The summed E-state index contributed by atoms with van der Waals surface area (Å²) >= 11 is 5.85. The van der Waals surface area contributed by atoms with Crippen LogP contribution in [0.1, 0.15) is 23.2 Å². The summed E-state index contributed by atoms with van der Waals surface area (Å²) < 4.78 is 0. The summed E-state index contributed by atoms with van der Waals surface area (Å²) in [6, 6.07) is 1.73. The highest BCUT2D eigenvalue weighted by molar-refractivity contribution is 6.33. The highest BCUT2D eigenvalue weighted by Crippen LogP contribution is 2.17. The predicted molar refractivity (Wildman–Crippen MR) is 71.6 cm³/mol. The Morgan fingerprint density at radius 3 is 3.11 bits per heavy atom. The van der Waals surface area contributed by atoms with E-state index in [0.717, 1.165) is 25.9 Å². The number of piperidine rings is 1. The molecule has 1 atom stereocenters. The van der Waals surface area contributed by atoms with Gasteiger partial charge in [0, 0.05) is 18.8 Å². The van der Waals surface area contributed by atoms with E-state index in [2.05, 4.69) is 22.2 Å². The standard InChI is InChI=1S/C12H17ClN4O/c1-17-4-2-3-9(7-17)16-12(18)8-5-10(13)11(14)15-6-8/h5-6,9H,2-4,7H2,1H3,(H2,14,15)(H,16,18). The molecule has 1 aliphatic heterocycles. The fraction of sp³-hybridized carbons (Fsp3) is 0.500. The number of aromatic nitrogens is 1. The highest BCUT2D eigenvalue weighted by Gasteiger charge is 2.19. The van der Waals surface area contributed by atoms with Crippen LogP contribution in [-0.2, 0) is 0 Å². The Hall–Kier alpha value is -1.33. The van der Waals surface area contributed by atoms with Crippen molar-refractivity contribution in [3.05, 3.63) is 22.8 Å². The van der Waals surface area contributed by atoms with E-state index >= 15 is 0 Å². The normalized spacial score (nSPS) is 20.7. The fourth-order valence-corrected chi connectivity index (χ4v) is 2.29. The lowest BCUT2D eigenvalue weighted by atomic mass is 10.1. The molecule has 1 aromatic rings. The van der Waals surface area contributed by atoms with E-state index in [1.54, 1.807) is 6.07 Å². The quantitative estimate of drug-likeness (QED) is 0.844. The molecule has 3 N–H and O–H groups in total. The molecule has 0 radical (unpaired) electrons. The number of rotatable bonds is 2. The van der Waals surface area contributed by atoms with Gasteiger partial charge in [-0.2, -0.15) is 0 Å². The summed E-state index contributed by atoms with van der Waals surface area (Å²) in [6.07, 6.45) is 3.55. The Morgan fingerprint density at radius 2 is 2.44 bits per heavy atom. The van der Waals surface area contributed by atoms with Crippen molar-refractivity contribution in [2.24, 2.45) is 0 Å². The van der Waals surface area contributed by atoms with Crippen molar-refractivity contribution in [3.63, 3.8) is 0 Å². The van der Waals surface area contributed by atoms with Gasteiger partial charge in [-0.25, -0.2) is 4.98 Å². The minimum absolute atomic E-state index is 0.148. The number of nitrogens with one attached hydrogen (secondary N) is 1. The minimum Gasteiger partial charge on any atom is -0.382 e. The first kappa shape index (κ1) is 13.1. The van der Waals surface area contributed by atoms with E-state index in [9.17, 15) is 4.79 Å². The maximum atomic E-state index is 12.0. The number of carbonyl (C=O) groups is 1. The Bertz CT molecular complexity index is 452. The van der Waals surface area contributed by atoms with Crippen molar-refractivity contribution in [2.45, 2.75) is 18.9 Å².